The van der Waals surface area contributed by atoms with Crippen LogP contribution in [0.2, 0.25) is 0 Å². The first-order chi connectivity index (χ1) is 8.56. The van der Waals surface area contributed by atoms with Crippen LogP contribution in [0.4, 0.5) is 5.69 Å². The lowest BCUT2D eigenvalue weighted by atomic mass is 9.78. The van der Waals surface area contributed by atoms with E-state index in [4.69, 9.17) is 0 Å². The second-order valence-electron chi connectivity index (χ2n) is 4.77. The van der Waals surface area contributed by atoms with E-state index >= 15 is 0 Å². The summed E-state index contributed by atoms with van der Waals surface area (Å²) in [7, 11) is 1.78. The van der Waals surface area contributed by atoms with Crippen LogP contribution < -0.4 is 4.90 Å². The number of rotatable bonds is 0. The number of amides is 1. The van der Waals surface area contributed by atoms with E-state index in [0.717, 1.165) is 16.8 Å². The molecule has 0 aromatic heterocycles. The average Bonchev–Trinajstić information content (AvgIpc) is 2.57. The maximum atomic E-state index is 12.5. The van der Waals surface area contributed by atoms with E-state index in [1.54, 1.807) is 24.1 Å². The fraction of sp³-hybridized carbons (Fsp3) is 0.200. The van der Waals surface area contributed by atoms with Crippen molar-refractivity contribution in [2.24, 2.45) is 0 Å². The number of carbonyl (C=O) groups excluding carboxylic acids is 2. The highest BCUT2D eigenvalue weighted by atomic mass is 16.2. The first kappa shape index (κ1) is 11.0. The minimum Gasteiger partial charge on any atom is -0.314 e. The van der Waals surface area contributed by atoms with Gasteiger partial charge in [0.1, 0.15) is 5.41 Å². The van der Waals surface area contributed by atoms with E-state index in [1.807, 2.05) is 25.1 Å². The van der Waals surface area contributed by atoms with Gasteiger partial charge in [0.25, 0.3) is 0 Å². The highest BCUT2D eigenvalue weighted by molar-refractivity contribution is 6.14. The van der Waals surface area contributed by atoms with Crippen molar-refractivity contribution in [2.75, 3.05) is 11.9 Å². The fourth-order valence-electron chi connectivity index (χ4n) is 2.79. The molecular weight excluding hydrogens is 226 g/mol. The van der Waals surface area contributed by atoms with Crippen LogP contribution in [-0.2, 0) is 15.0 Å². The summed E-state index contributed by atoms with van der Waals surface area (Å²) in [5.74, 6) is -0.0796. The summed E-state index contributed by atoms with van der Waals surface area (Å²) in [6.45, 7) is 1.99. The lowest BCUT2D eigenvalue weighted by molar-refractivity contribution is -0.120. The molecule has 0 saturated carbocycles. The molecule has 0 bridgehead atoms. The van der Waals surface area contributed by atoms with E-state index in [9.17, 15) is 9.59 Å². The number of fused-ring (bicyclic) bond motifs is 2. The van der Waals surface area contributed by atoms with Gasteiger partial charge in [0.05, 0.1) is 5.69 Å². The standard InChI is InChI=1S/C15H13NO2/c1-10-4-3-5-12-13(10)16(2)14(18)15(12)8-6-11(17)7-9-15/h3-9H,1-2H3. The van der Waals surface area contributed by atoms with Crippen LogP contribution in [0, 0.1) is 6.92 Å². The summed E-state index contributed by atoms with van der Waals surface area (Å²) in [4.78, 5) is 25.5. The molecule has 0 radical (unpaired) electrons. The molecule has 1 aromatic rings. The monoisotopic (exact) mass is 239 g/mol. The van der Waals surface area contributed by atoms with Gasteiger partial charge in [0.15, 0.2) is 5.78 Å². The SMILES string of the molecule is Cc1cccc2c1N(C)C(=O)C21C=CC(=O)C=C1. The number of nitrogens with zero attached hydrogens (tertiary/aromatic N) is 1. The maximum Gasteiger partial charge on any atom is 0.245 e. The van der Waals surface area contributed by atoms with Crippen LogP contribution in [0.5, 0.6) is 0 Å². The van der Waals surface area contributed by atoms with Gasteiger partial charge in [-0.05, 0) is 30.2 Å². The maximum absolute atomic E-state index is 12.5. The van der Waals surface area contributed by atoms with Crippen molar-refractivity contribution in [3.63, 3.8) is 0 Å². The Kier molecular flexibility index (Phi) is 2.08. The molecule has 18 heavy (non-hydrogen) atoms. The number of aryl methyl sites for hydroxylation is 1. The Morgan fingerprint density at radius 2 is 1.78 bits per heavy atom. The van der Waals surface area contributed by atoms with Gasteiger partial charge in [-0.2, -0.15) is 0 Å². The molecule has 0 atom stereocenters. The highest BCUT2D eigenvalue weighted by Crippen LogP contribution is 2.45. The summed E-state index contributed by atoms with van der Waals surface area (Å²) in [5.41, 5.74) is 2.18. The Balaban J connectivity index is 2.29. The van der Waals surface area contributed by atoms with Crippen LogP contribution in [-0.4, -0.2) is 18.7 Å². The molecule has 3 nitrogen and oxygen atoms in total. The smallest absolute Gasteiger partial charge is 0.245 e. The number of hydrogen-bond donors (Lipinski definition) is 0. The third-order valence-corrected chi connectivity index (χ3v) is 3.70. The van der Waals surface area contributed by atoms with Crippen molar-refractivity contribution in [2.45, 2.75) is 12.3 Å². The Morgan fingerprint density at radius 1 is 1.11 bits per heavy atom. The van der Waals surface area contributed by atoms with E-state index in [0.29, 0.717) is 0 Å². The Bertz CT molecular complexity index is 609. The molecule has 1 spiro atoms. The molecule has 1 aliphatic heterocycles. The van der Waals surface area contributed by atoms with Crippen molar-refractivity contribution in [3.8, 4) is 0 Å². The van der Waals surface area contributed by atoms with Gasteiger partial charge in [-0.1, -0.05) is 30.4 Å². The zero-order valence-corrected chi connectivity index (χ0v) is 10.3. The number of carbonyl (C=O) groups is 2. The zero-order chi connectivity index (χ0) is 12.9. The fourth-order valence-corrected chi connectivity index (χ4v) is 2.79. The molecule has 1 aliphatic carbocycles. The quantitative estimate of drug-likeness (QED) is 0.693. The molecule has 3 heteroatoms. The van der Waals surface area contributed by atoms with Gasteiger partial charge >= 0.3 is 0 Å². The predicted octanol–water partition coefficient (Wildman–Crippen LogP) is 1.90. The Morgan fingerprint density at radius 3 is 2.44 bits per heavy atom. The van der Waals surface area contributed by atoms with Crippen molar-refractivity contribution >= 4 is 17.4 Å². The van der Waals surface area contributed by atoms with Crippen LogP contribution in [0.3, 0.4) is 0 Å². The van der Waals surface area contributed by atoms with Gasteiger partial charge in [0.2, 0.25) is 5.91 Å². The number of allylic oxidation sites excluding steroid dienone is 2. The summed E-state index contributed by atoms with van der Waals surface area (Å²) in [6, 6.07) is 5.89. The largest absolute Gasteiger partial charge is 0.314 e. The van der Waals surface area contributed by atoms with Gasteiger partial charge in [-0.25, -0.2) is 0 Å². The lowest BCUT2D eigenvalue weighted by Gasteiger charge is -2.22. The third kappa shape index (κ3) is 1.19. The Hall–Kier alpha value is -2.16. The van der Waals surface area contributed by atoms with Gasteiger partial charge in [-0.15, -0.1) is 0 Å². The minimum absolute atomic E-state index is 0.00759. The van der Waals surface area contributed by atoms with Crippen LogP contribution in [0.15, 0.2) is 42.5 Å². The molecule has 0 saturated heterocycles. The molecular formula is C15H13NO2. The number of benzene rings is 1. The molecule has 0 fully saturated rings. The topological polar surface area (TPSA) is 37.4 Å². The van der Waals surface area contributed by atoms with E-state index in [-0.39, 0.29) is 11.7 Å². The number of para-hydroxylation sites is 1. The van der Waals surface area contributed by atoms with Gasteiger partial charge in [0, 0.05) is 7.05 Å². The molecule has 2 aliphatic rings. The van der Waals surface area contributed by atoms with E-state index < -0.39 is 5.41 Å². The number of likely N-dealkylation sites (N-methyl/N-ethyl adjacent to an activating group) is 1. The van der Waals surface area contributed by atoms with Crippen LogP contribution in [0.1, 0.15) is 11.1 Å². The summed E-state index contributed by atoms with van der Waals surface area (Å²) in [5, 5.41) is 0. The van der Waals surface area contributed by atoms with Crippen LogP contribution in [0.25, 0.3) is 0 Å². The minimum atomic E-state index is -0.788. The first-order valence-electron chi connectivity index (χ1n) is 5.87. The summed E-state index contributed by atoms with van der Waals surface area (Å²) < 4.78 is 0. The third-order valence-electron chi connectivity index (χ3n) is 3.70. The van der Waals surface area contributed by atoms with Crippen molar-refractivity contribution in [3.05, 3.63) is 53.6 Å². The molecule has 1 aromatic carbocycles. The Labute approximate surface area is 105 Å². The molecule has 90 valence electrons. The van der Waals surface area contributed by atoms with E-state index in [2.05, 4.69) is 0 Å². The van der Waals surface area contributed by atoms with E-state index in [1.165, 1.54) is 12.2 Å². The second-order valence-corrected chi connectivity index (χ2v) is 4.77. The second kappa shape index (κ2) is 3.42. The first-order valence-corrected chi connectivity index (χ1v) is 5.87. The van der Waals surface area contributed by atoms with Crippen molar-refractivity contribution in [1.82, 2.24) is 0 Å². The molecule has 3 rings (SSSR count). The summed E-state index contributed by atoms with van der Waals surface area (Å²) >= 11 is 0. The number of hydrogen-bond acceptors (Lipinski definition) is 2. The van der Waals surface area contributed by atoms with Gasteiger partial charge in [-0.3, -0.25) is 9.59 Å². The van der Waals surface area contributed by atoms with Crippen molar-refractivity contribution < 1.29 is 9.59 Å². The van der Waals surface area contributed by atoms with Crippen LogP contribution >= 0.6 is 0 Å². The summed E-state index contributed by atoms with van der Waals surface area (Å²) in [6.07, 6.45) is 6.37. The highest BCUT2D eigenvalue weighted by Gasteiger charge is 2.47. The average molecular weight is 239 g/mol. The normalized spacial score (nSPS) is 19.8. The number of anilines is 1. The predicted molar refractivity (Wildman–Crippen MR) is 69.6 cm³/mol. The molecule has 1 heterocycles. The molecule has 1 amide bonds. The zero-order valence-electron chi connectivity index (χ0n) is 10.3. The number of ketones is 1. The van der Waals surface area contributed by atoms with Crippen molar-refractivity contribution in [1.29, 1.82) is 0 Å². The molecule has 0 unspecified atom stereocenters. The lowest BCUT2D eigenvalue weighted by Crippen LogP contribution is -2.36. The molecule has 0 N–H and O–H groups in total. The van der Waals surface area contributed by atoms with Gasteiger partial charge < -0.3 is 4.90 Å².